The third-order valence-corrected chi connectivity index (χ3v) is 1.99. The summed E-state index contributed by atoms with van der Waals surface area (Å²) in [6.07, 6.45) is 3.59. The Morgan fingerprint density at radius 2 is 1.86 bits per heavy atom. The second-order valence-corrected chi connectivity index (χ2v) is 3.26. The number of carbonyl (C=O) groups is 1. The zero-order chi connectivity index (χ0) is 10.6. The minimum absolute atomic E-state index is 0.0168. The highest BCUT2D eigenvalue weighted by Crippen LogP contribution is 2.06. The molecule has 2 nitrogen and oxygen atoms in total. The average Bonchev–Trinajstić information content (AvgIpc) is 2.18. The maximum Gasteiger partial charge on any atom is 0.257 e. The molecule has 1 amide bonds. The number of allylic oxidation sites excluding steroid dienone is 1. The fourth-order valence-corrected chi connectivity index (χ4v) is 1.19. The lowest BCUT2D eigenvalue weighted by Crippen LogP contribution is -2.20. The first-order valence-corrected chi connectivity index (χ1v) is 4.62. The minimum atomic E-state index is 0.0168. The normalized spacial score (nSPS) is 10.5. The fraction of sp³-hybridized carbons (Fsp3) is 0.250. The number of aryl methyl sites for hydroxylation is 1. The summed E-state index contributed by atoms with van der Waals surface area (Å²) < 4.78 is 0. The topological polar surface area (TPSA) is 20.3 Å². The zero-order valence-corrected chi connectivity index (χ0v) is 8.82. The minimum Gasteiger partial charge on any atom is -0.318 e. The Morgan fingerprint density at radius 1 is 1.29 bits per heavy atom. The zero-order valence-electron chi connectivity index (χ0n) is 8.82. The van der Waals surface area contributed by atoms with Gasteiger partial charge in [0.1, 0.15) is 0 Å². The van der Waals surface area contributed by atoms with Crippen molar-refractivity contribution in [3.05, 3.63) is 47.7 Å². The summed E-state index contributed by atoms with van der Waals surface area (Å²) in [5.74, 6) is 0.0168. The smallest absolute Gasteiger partial charge is 0.257 e. The predicted molar refractivity (Wildman–Crippen MR) is 58.1 cm³/mol. The lowest BCUT2D eigenvalue weighted by atomic mass is 10.1. The van der Waals surface area contributed by atoms with E-state index in [1.807, 2.05) is 44.2 Å². The lowest BCUT2D eigenvalue weighted by molar-refractivity contribution is 0.0850. The van der Waals surface area contributed by atoms with Crippen LogP contribution < -0.4 is 0 Å². The van der Waals surface area contributed by atoms with Gasteiger partial charge in [-0.25, -0.2) is 0 Å². The van der Waals surface area contributed by atoms with Crippen molar-refractivity contribution in [3.8, 4) is 0 Å². The molecule has 0 bridgehead atoms. The van der Waals surface area contributed by atoms with Gasteiger partial charge in [0.2, 0.25) is 0 Å². The van der Waals surface area contributed by atoms with Gasteiger partial charge in [0.25, 0.3) is 5.91 Å². The third-order valence-electron chi connectivity index (χ3n) is 1.99. The number of carbonyl (C=O) groups excluding carboxylic acids is 1. The Morgan fingerprint density at radius 3 is 2.36 bits per heavy atom. The first-order valence-electron chi connectivity index (χ1n) is 4.62. The molecular formula is C12H15NO. The van der Waals surface area contributed by atoms with Gasteiger partial charge in [0.15, 0.2) is 0 Å². The summed E-state index contributed by atoms with van der Waals surface area (Å²) in [5.41, 5.74) is 1.88. The van der Waals surface area contributed by atoms with Crippen molar-refractivity contribution in [2.24, 2.45) is 0 Å². The van der Waals surface area contributed by atoms with Crippen molar-refractivity contribution < 1.29 is 4.79 Å². The second kappa shape index (κ2) is 4.61. The van der Waals surface area contributed by atoms with Gasteiger partial charge in [0.05, 0.1) is 0 Å². The van der Waals surface area contributed by atoms with E-state index in [1.54, 1.807) is 18.1 Å². The van der Waals surface area contributed by atoms with Crippen LogP contribution >= 0.6 is 0 Å². The van der Waals surface area contributed by atoms with Crippen LogP contribution in [-0.2, 0) is 0 Å². The predicted octanol–water partition coefficient (Wildman–Crippen LogP) is 2.60. The van der Waals surface area contributed by atoms with E-state index < -0.39 is 0 Å². The molecule has 74 valence electrons. The summed E-state index contributed by atoms with van der Waals surface area (Å²) in [4.78, 5) is 13.3. The molecular weight excluding hydrogens is 174 g/mol. The number of hydrogen-bond acceptors (Lipinski definition) is 1. The molecule has 14 heavy (non-hydrogen) atoms. The maximum absolute atomic E-state index is 11.7. The Kier molecular flexibility index (Phi) is 3.46. The van der Waals surface area contributed by atoms with E-state index in [1.165, 1.54) is 0 Å². The monoisotopic (exact) mass is 189 g/mol. The summed E-state index contributed by atoms with van der Waals surface area (Å²) in [7, 11) is 1.75. The molecule has 0 spiro atoms. The van der Waals surface area contributed by atoms with Crippen molar-refractivity contribution in [1.82, 2.24) is 4.90 Å². The first-order chi connectivity index (χ1) is 6.65. The van der Waals surface area contributed by atoms with Crippen molar-refractivity contribution in [3.63, 3.8) is 0 Å². The van der Waals surface area contributed by atoms with E-state index >= 15 is 0 Å². The van der Waals surface area contributed by atoms with Crippen molar-refractivity contribution in [1.29, 1.82) is 0 Å². The van der Waals surface area contributed by atoms with Crippen LogP contribution in [0.4, 0.5) is 0 Å². The van der Waals surface area contributed by atoms with E-state index in [0.717, 1.165) is 11.1 Å². The van der Waals surface area contributed by atoms with Crippen LogP contribution in [0.25, 0.3) is 0 Å². The van der Waals surface area contributed by atoms with Gasteiger partial charge in [-0.3, -0.25) is 4.79 Å². The van der Waals surface area contributed by atoms with Gasteiger partial charge in [-0.1, -0.05) is 23.8 Å². The van der Waals surface area contributed by atoms with Gasteiger partial charge in [-0.05, 0) is 26.0 Å². The molecule has 1 aromatic rings. The molecule has 0 aliphatic rings. The molecule has 0 radical (unpaired) electrons. The fourth-order valence-electron chi connectivity index (χ4n) is 1.19. The van der Waals surface area contributed by atoms with Crippen LogP contribution in [0.5, 0.6) is 0 Å². The van der Waals surface area contributed by atoms with Crippen LogP contribution in [0.1, 0.15) is 22.8 Å². The summed E-state index contributed by atoms with van der Waals surface area (Å²) in [5, 5.41) is 0. The Labute approximate surface area is 84.9 Å². The standard InChI is InChI=1S/C12H15NO/c1-4-9-13(3)12(14)11-7-5-10(2)6-8-11/h4-9H,1-3H3/b9-4+. The SMILES string of the molecule is C/C=C/N(C)C(=O)c1ccc(C)cc1. The molecule has 0 saturated carbocycles. The van der Waals surface area contributed by atoms with E-state index in [2.05, 4.69) is 0 Å². The van der Waals surface area contributed by atoms with Gasteiger partial charge >= 0.3 is 0 Å². The van der Waals surface area contributed by atoms with Gasteiger partial charge in [-0.15, -0.1) is 0 Å². The molecule has 1 rings (SSSR count). The Bertz CT molecular complexity index is 338. The quantitative estimate of drug-likeness (QED) is 0.700. The van der Waals surface area contributed by atoms with Gasteiger partial charge < -0.3 is 4.90 Å². The largest absolute Gasteiger partial charge is 0.318 e. The molecule has 0 heterocycles. The van der Waals surface area contributed by atoms with Crippen LogP contribution in [0.2, 0.25) is 0 Å². The third kappa shape index (κ3) is 2.46. The summed E-state index contributed by atoms with van der Waals surface area (Å²) in [6, 6.07) is 7.57. The molecule has 0 aromatic heterocycles. The Hall–Kier alpha value is -1.57. The van der Waals surface area contributed by atoms with E-state index in [4.69, 9.17) is 0 Å². The molecule has 0 fully saturated rings. The first kappa shape index (κ1) is 10.5. The number of hydrogen-bond donors (Lipinski definition) is 0. The van der Waals surface area contributed by atoms with Crippen molar-refractivity contribution in [2.45, 2.75) is 13.8 Å². The van der Waals surface area contributed by atoms with Gasteiger partial charge in [-0.2, -0.15) is 0 Å². The molecule has 0 unspecified atom stereocenters. The van der Waals surface area contributed by atoms with E-state index in [-0.39, 0.29) is 5.91 Å². The van der Waals surface area contributed by atoms with Crippen LogP contribution in [-0.4, -0.2) is 17.9 Å². The van der Waals surface area contributed by atoms with Crippen molar-refractivity contribution in [2.75, 3.05) is 7.05 Å². The molecule has 0 N–H and O–H groups in total. The van der Waals surface area contributed by atoms with Crippen molar-refractivity contribution >= 4 is 5.91 Å². The summed E-state index contributed by atoms with van der Waals surface area (Å²) >= 11 is 0. The maximum atomic E-state index is 11.7. The summed E-state index contributed by atoms with van der Waals surface area (Å²) in [6.45, 7) is 3.89. The van der Waals surface area contributed by atoms with Gasteiger partial charge in [0, 0.05) is 18.8 Å². The van der Waals surface area contributed by atoms with Crippen LogP contribution in [0.3, 0.4) is 0 Å². The molecule has 2 heteroatoms. The second-order valence-electron chi connectivity index (χ2n) is 3.26. The molecule has 0 saturated heterocycles. The molecule has 0 aliphatic carbocycles. The van der Waals surface area contributed by atoms with E-state index in [9.17, 15) is 4.79 Å². The highest BCUT2D eigenvalue weighted by molar-refractivity contribution is 5.94. The highest BCUT2D eigenvalue weighted by Gasteiger charge is 2.07. The van der Waals surface area contributed by atoms with E-state index in [0.29, 0.717) is 0 Å². The van der Waals surface area contributed by atoms with Crippen LogP contribution in [0, 0.1) is 6.92 Å². The Balaban J connectivity index is 2.84. The van der Waals surface area contributed by atoms with Crippen LogP contribution in [0.15, 0.2) is 36.5 Å². The molecule has 0 atom stereocenters. The average molecular weight is 189 g/mol. The molecule has 0 aliphatic heterocycles. The number of benzene rings is 1. The number of rotatable bonds is 2. The lowest BCUT2D eigenvalue weighted by Gasteiger charge is -2.11. The highest BCUT2D eigenvalue weighted by atomic mass is 16.2. The number of nitrogens with zero attached hydrogens (tertiary/aromatic N) is 1. The molecule has 1 aromatic carbocycles. The number of amides is 1.